The first-order valence-electron chi connectivity index (χ1n) is 12.0. The Labute approximate surface area is 212 Å². The second-order valence-electron chi connectivity index (χ2n) is 7.96. The van der Waals surface area contributed by atoms with Gasteiger partial charge in [0.15, 0.2) is 0 Å². The number of ether oxygens (including phenoxy) is 4. The van der Waals surface area contributed by atoms with E-state index in [9.17, 15) is 14.4 Å². The summed E-state index contributed by atoms with van der Waals surface area (Å²) in [6, 6.07) is 4.56. The van der Waals surface area contributed by atoms with Gasteiger partial charge in [-0.25, -0.2) is 4.68 Å². The number of azide groups is 1. The quantitative estimate of drug-likeness (QED) is 0.102. The number of carbonyl (C=O) groups excluding carboxylic acids is 2. The number of fused-ring (bicyclic) bond motifs is 1. The molecular formula is C23H31N7O7. The predicted molar refractivity (Wildman–Crippen MR) is 133 cm³/mol. The highest BCUT2D eigenvalue weighted by Gasteiger charge is 2.30. The molecule has 2 heterocycles. The van der Waals surface area contributed by atoms with E-state index in [0.29, 0.717) is 82.4 Å². The van der Waals surface area contributed by atoms with Gasteiger partial charge in [-0.2, -0.15) is 5.10 Å². The molecule has 2 aromatic rings. The number of nitrogens with one attached hydrogen (secondary N) is 2. The summed E-state index contributed by atoms with van der Waals surface area (Å²) in [6.45, 7) is 4.09. The fourth-order valence-corrected chi connectivity index (χ4v) is 3.66. The zero-order valence-electron chi connectivity index (χ0n) is 20.5. The molecule has 200 valence electrons. The van der Waals surface area contributed by atoms with Crippen LogP contribution in [0.1, 0.15) is 18.9 Å². The average molecular weight is 518 g/mol. The van der Waals surface area contributed by atoms with Crippen LogP contribution < -0.4 is 16.2 Å². The summed E-state index contributed by atoms with van der Waals surface area (Å²) in [5.41, 5.74) is 8.36. The van der Waals surface area contributed by atoms with Crippen molar-refractivity contribution in [3.05, 3.63) is 45.2 Å². The lowest BCUT2D eigenvalue weighted by Gasteiger charge is -2.22. The molecule has 2 N–H and O–H groups in total. The van der Waals surface area contributed by atoms with Gasteiger partial charge < -0.3 is 24.3 Å². The van der Waals surface area contributed by atoms with Crippen LogP contribution in [0.2, 0.25) is 0 Å². The van der Waals surface area contributed by atoms with Crippen molar-refractivity contribution in [1.82, 2.24) is 15.1 Å². The Morgan fingerprint density at radius 2 is 1.70 bits per heavy atom. The van der Waals surface area contributed by atoms with Crippen molar-refractivity contribution in [3.63, 3.8) is 0 Å². The highest BCUT2D eigenvalue weighted by molar-refractivity contribution is 5.99. The number of piperidine rings is 1. The molecule has 0 aliphatic carbocycles. The molecule has 3 rings (SSSR count). The van der Waals surface area contributed by atoms with Crippen LogP contribution in [0.25, 0.3) is 21.2 Å². The maximum absolute atomic E-state index is 13.2. The Balaban J connectivity index is 1.34. The third kappa shape index (κ3) is 8.81. The number of carbonyl (C=O) groups is 2. The standard InChI is InChI=1S/C23H31N7O7/c24-29-26-7-9-35-11-13-37-15-14-36-12-10-34-8-6-25-18-3-1-2-17-16-27-30(23(33)21(17)18)19-4-5-20(31)28-22(19)32/h1-3,16,19,25H,4-15H2,(H,28,31,32). The molecule has 0 radical (unpaired) electrons. The van der Waals surface area contributed by atoms with Gasteiger partial charge >= 0.3 is 0 Å². The topological polar surface area (TPSA) is 179 Å². The lowest BCUT2D eigenvalue weighted by molar-refractivity contribution is -0.136. The first kappa shape index (κ1) is 28.0. The minimum absolute atomic E-state index is 0.159. The van der Waals surface area contributed by atoms with E-state index in [1.54, 1.807) is 18.3 Å². The van der Waals surface area contributed by atoms with E-state index in [2.05, 4.69) is 25.8 Å². The van der Waals surface area contributed by atoms with Crippen LogP contribution >= 0.6 is 0 Å². The lowest BCUT2D eigenvalue weighted by atomic mass is 10.1. The summed E-state index contributed by atoms with van der Waals surface area (Å²) in [4.78, 5) is 39.5. The molecule has 1 saturated heterocycles. The van der Waals surface area contributed by atoms with E-state index < -0.39 is 17.5 Å². The van der Waals surface area contributed by atoms with Crippen LogP contribution in [0.4, 0.5) is 5.69 Å². The van der Waals surface area contributed by atoms with Crippen LogP contribution in [0.15, 0.2) is 34.3 Å². The molecular weight excluding hydrogens is 486 g/mol. The van der Waals surface area contributed by atoms with Crippen molar-refractivity contribution in [3.8, 4) is 0 Å². The van der Waals surface area contributed by atoms with Gasteiger partial charge in [-0.15, -0.1) is 0 Å². The third-order valence-electron chi connectivity index (χ3n) is 5.42. The summed E-state index contributed by atoms with van der Waals surface area (Å²) >= 11 is 0. The second-order valence-corrected chi connectivity index (χ2v) is 7.96. The number of imide groups is 1. The highest BCUT2D eigenvalue weighted by Crippen LogP contribution is 2.21. The monoisotopic (exact) mass is 517 g/mol. The highest BCUT2D eigenvalue weighted by atomic mass is 16.6. The van der Waals surface area contributed by atoms with Gasteiger partial charge in [0.2, 0.25) is 5.91 Å². The average Bonchev–Trinajstić information content (AvgIpc) is 2.89. The van der Waals surface area contributed by atoms with E-state index in [1.807, 2.05) is 6.07 Å². The van der Waals surface area contributed by atoms with E-state index in [4.69, 9.17) is 24.5 Å². The number of amides is 2. The molecule has 14 nitrogen and oxygen atoms in total. The van der Waals surface area contributed by atoms with Gasteiger partial charge in [0, 0.05) is 35.5 Å². The first-order chi connectivity index (χ1) is 18.1. The van der Waals surface area contributed by atoms with Crippen LogP contribution in [-0.4, -0.2) is 87.5 Å². The Bertz CT molecular complexity index is 1150. The first-order valence-corrected chi connectivity index (χ1v) is 12.0. The Morgan fingerprint density at radius 1 is 1.03 bits per heavy atom. The van der Waals surface area contributed by atoms with Gasteiger partial charge in [-0.05, 0) is 18.0 Å². The molecule has 0 saturated carbocycles. The molecule has 1 atom stereocenters. The number of hydrogen-bond acceptors (Lipinski definition) is 10. The Morgan fingerprint density at radius 3 is 2.38 bits per heavy atom. The van der Waals surface area contributed by atoms with Gasteiger partial charge in [0.1, 0.15) is 6.04 Å². The summed E-state index contributed by atoms with van der Waals surface area (Å²) in [7, 11) is 0. The Hall–Kier alpha value is -3.55. The van der Waals surface area contributed by atoms with Gasteiger partial charge in [-0.3, -0.25) is 19.7 Å². The van der Waals surface area contributed by atoms with Crippen LogP contribution in [0.5, 0.6) is 0 Å². The van der Waals surface area contributed by atoms with Crippen molar-refractivity contribution < 1.29 is 28.5 Å². The molecule has 14 heteroatoms. The normalized spacial score (nSPS) is 15.4. The smallest absolute Gasteiger partial charge is 0.277 e. The van der Waals surface area contributed by atoms with Gasteiger partial charge in [-0.1, -0.05) is 17.2 Å². The number of hydrogen-bond donors (Lipinski definition) is 2. The number of benzene rings is 1. The second kappa shape index (κ2) is 15.5. The van der Waals surface area contributed by atoms with Crippen molar-refractivity contribution in [1.29, 1.82) is 0 Å². The largest absolute Gasteiger partial charge is 0.382 e. The van der Waals surface area contributed by atoms with Crippen molar-refractivity contribution in [2.24, 2.45) is 5.11 Å². The van der Waals surface area contributed by atoms with Crippen LogP contribution in [-0.2, 0) is 28.5 Å². The number of rotatable bonds is 17. The molecule has 1 aliphatic heterocycles. The van der Waals surface area contributed by atoms with Crippen molar-refractivity contribution in [2.75, 3.05) is 71.3 Å². The van der Waals surface area contributed by atoms with Gasteiger partial charge in [0.25, 0.3) is 11.5 Å². The van der Waals surface area contributed by atoms with E-state index >= 15 is 0 Å². The maximum Gasteiger partial charge on any atom is 0.277 e. The van der Waals surface area contributed by atoms with Crippen LogP contribution in [0, 0.1) is 0 Å². The molecule has 2 amide bonds. The number of aromatic nitrogens is 2. The molecule has 1 unspecified atom stereocenters. The molecule has 1 aromatic heterocycles. The molecule has 1 aromatic carbocycles. The van der Waals surface area contributed by atoms with Gasteiger partial charge in [0.05, 0.1) is 64.4 Å². The maximum atomic E-state index is 13.2. The van der Waals surface area contributed by atoms with E-state index in [1.165, 1.54) is 0 Å². The fourth-order valence-electron chi connectivity index (χ4n) is 3.66. The predicted octanol–water partition coefficient (Wildman–Crippen LogP) is 1.16. The summed E-state index contributed by atoms with van der Waals surface area (Å²) in [6.07, 6.45) is 1.93. The summed E-state index contributed by atoms with van der Waals surface area (Å²) in [5.74, 6) is -0.872. The molecule has 0 bridgehead atoms. The lowest BCUT2D eigenvalue weighted by Crippen LogP contribution is -2.45. The number of nitrogens with zero attached hydrogens (tertiary/aromatic N) is 5. The molecule has 1 fully saturated rings. The Kier molecular flexibility index (Phi) is 11.8. The van der Waals surface area contributed by atoms with E-state index in [0.717, 1.165) is 4.68 Å². The summed E-state index contributed by atoms with van der Waals surface area (Å²) < 4.78 is 22.7. The molecule has 1 aliphatic rings. The van der Waals surface area contributed by atoms with Crippen molar-refractivity contribution in [2.45, 2.75) is 18.9 Å². The van der Waals surface area contributed by atoms with E-state index in [-0.39, 0.29) is 18.7 Å². The number of anilines is 1. The minimum atomic E-state index is -0.819. The fraction of sp³-hybridized carbons (Fsp3) is 0.565. The minimum Gasteiger partial charge on any atom is -0.382 e. The SMILES string of the molecule is [N-]=[N+]=NCCOCCOCCOCCOCCNc1cccc2cnn(C3CCC(=O)NC3=O)c(=O)c12. The zero-order chi connectivity index (χ0) is 26.3. The van der Waals surface area contributed by atoms with Crippen LogP contribution in [0.3, 0.4) is 0 Å². The molecule has 37 heavy (non-hydrogen) atoms. The third-order valence-corrected chi connectivity index (χ3v) is 5.42. The van der Waals surface area contributed by atoms with Crippen molar-refractivity contribution >= 4 is 28.3 Å². The molecule has 0 spiro atoms. The summed E-state index contributed by atoms with van der Waals surface area (Å²) in [5, 5.41) is 14.1. The zero-order valence-corrected chi connectivity index (χ0v) is 20.5.